The second-order valence-corrected chi connectivity index (χ2v) is 8.91. The quantitative estimate of drug-likeness (QED) is 0.844. The van der Waals surface area contributed by atoms with Gasteiger partial charge in [0.1, 0.15) is 0 Å². The van der Waals surface area contributed by atoms with Crippen LogP contribution in [0.2, 0.25) is 0 Å². The van der Waals surface area contributed by atoms with Gasteiger partial charge in [-0.3, -0.25) is 4.79 Å². The molecule has 1 N–H and O–H groups in total. The summed E-state index contributed by atoms with van der Waals surface area (Å²) in [5.41, 5.74) is 1.75. The number of nitrogens with zero attached hydrogens (tertiary/aromatic N) is 3. The summed E-state index contributed by atoms with van der Waals surface area (Å²) < 4.78 is 2.63. The smallest absolute Gasteiger partial charge is 0.274 e. The van der Waals surface area contributed by atoms with E-state index in [-0.39, 0.29) is 16.9 Å². The van der Waals surface area contributed by atoms with Gasteiger partial charge >= 0.3 is 0 Å². The van der Waals surface area contributed by atoms with Crippen molar-refractivity contribution >= 4 is 21.8 Å². The minimum Gasteiger partial charge on any atom is -0.346 e. The Hall–Kier alpha value is -1.69. The van der Waals surface area contributed by atoms with Gasteiger partial charge in [0.25, 0.3) is 5.91 Å². The van der Waals surface area contributed by atoms with Crippen LogP contribution in [-0.2, 0) is 0 Å². The van der Waals surface area contributed by atoms with E-state index in [4.69, 9.17) is 0 Å². The molecule has 5 nitrogen and oxygen atoms in total. The molecule has 0 spiro atoms. The van der Waals surface area contributed by atoms with E-state index in [1.54, 1.807) is 4.68 Å². The van der Waals surface area contributed by atoms with Crippen LogP contribution in [0.1, 0.15) is 57.2 Å². The summed E-state index contributed by atoms with van der Waals surface area (Å²) in [6, 6.07) is 7.73. The summed E-state index contributed by atoms with van der Waals surface area (Å²) in [7, 11) is 0. The van der Waals surface area contributed by atoms with Crippen molar-refractivity contribution in [3.63, 3.8) is 0 Å². The van der Waals surface area contributed by atoms with Crippen LogP contribution in [0.3, 0.4) is 0 Å². The van der Waals surface area contributed by atoms with Gasteiger partial charge in [-0.15, -0.1) is 5.10 Å². The molecule has 1 heterocycles. The van der Waals surface area contributed by atoms with Crippen molar-refractivity contribution in [2.45, 2.75) is 53.5 Å². The average molecular weight is 393 g/mol. The van der Waals surface area contributed by atoms with Gasteiger partial charge in [0.2, 0.25) is 0 Å². The van der Waals surface area contributed by atoms with Crippen LogP contribution in [0, 0.1) is 12.3 Å². The van der Waals surface area contributed by atoms with Gasteiger partial charge in [0.05, 0.1) is 11.4 Å². The van der Waals surface area contributed by atoms with E-state index in [0.717, 1.165) is 22.3 Å². The van der Waals surface area contributed by atoms with Gasteiger partial charge < -0.3 is 5.32 Å². The number of amides is 1. The molecule has 0 fully saturated rings. The highest BCUT2D eigenvalue weighted by Gasteiger charge is 2.29. The van der Waals surface area contributed by atoms with E-state index in [9.17, 15) is 4.79 Å². The number of rotatable bonds is 4. The molecule has 0 saturated heterocycles. The Balaban J connectivity index is 2.23. The molecule has 0 atom stereocenters. The summed E-state index contributed by atoms with van der Waals surface area (Å²) in [5.74, 6) is -0.192. The van der Waals surface area contributed by atoms with E-state index in [1.165, 1.54) is 0 Å². The lowest BCUT2D eigenvalue weighted by Gasteiger charge is -2.33. The highest BCUT2D eigenvalue weighted by atomic mass is 79.9. The number of halogens is 1. The maximum Gasteiger partial charge on any atom is 0.274 e. The molecular formula is C18H25BrN4O. The zero-order valence-corrected chi connectivity index (χ0v) is 16.7. The van der Waals surface area contributed by atoms with Gasteiger partial charge in [-0.05, 0) is 50.8 Å². The first-order valence-corrected chi connectivity index (χ1v) is 8.79. The summed E-state index contributed by atoms with van der Waals surface area (Å²) in [5, 5.41) is 11.3. The molecule has 1 amide bonds. The maximum atomic E-state index is 12.6. The van der Waals surface area contributed by atoms with Crippen LogP contribution in [0.5, 0.6) is 0 Å². The summed E-state index contributed by atoms with van der Waals surface area (Å²) in [6.07, 6.45) is 0.866. The third-order valence-corrected chi connectivity index (χ3v) is 4.08. The lowest BCUT2D eigenvalue weighted by atomic mass is 9.82. The Labute approximate surface area is 152 Å². The monoisotopic (exact) mass is 392 g/mol. The molecule has 0 aliphatic rings. The summed E-state index contributed by atoms with van der Waals surface area (Å²) >= 11 is 3.45. The van der Waals surface area contributed by atoms with Gasteiger partial charge in [0, 0.05) is 10.0 Å². The third kappa shape index (κ3) is 4.66. The Kier molecular flexibility index (Phi) is 5.18. The van der Waals surface area contributed by atoms with Crippen LogP contribution in [0.15, 0.2) is 28.7 Å². The molecule has 130 valence electrons. The SMILES string of the molecule is Cc1c(C(=O)NC(C)(C)CC(C)(C)C)nnn1-c1cccc(Br)c1. The first kappa shape index (κ1) is 18.6. The Morgan fingerprint density at radius 1 is 1.25 bits per heavy atom. The Bertz CT molecular complexity index is 744. The lowest BCUT2D eigenvalue weighted by Crippen LogP contribution is -2.46. The van der Waals surface area contributed by atoms with E-state index in [0.29, 0.717) is 5.69 Å². The number of hydrogen-bond donors (Lipinski definition) is 1. The highest BCUT2D eigenvalue weighted by Crippen LogP contribution is 2.27. The molecular weight excluding hydrogens is 368 g/mol. The van der Waals surface area contributed by atoms with Crippen molar-refractivity contribution in [3.05, 3.63) is 40.1 Å². The zero-order valence-electron chi connectivity index (χ0n) is 15.1. The van der Waals surface area contributed by atoms with Crippen molar-refractivity contribution in [2.75, 3.05) is 0 Å². The molecule has 0 saturated carbocycles. The highest BCUT2D eigenvalue weighted by molar-refractivity contribution is 9.10. The van der Waals surface area contributed by atoms with Crippen LogP contribution in [0.25, 0.3) is 5.69 Å². The second-order valence-electron chi connectivity index (χ2n) is 7.99. The van der Waals surface area contributed by atoms with Crippen LogP contribution in [0.4, 0.5) is 0 Å². The lowest BCUT2D eigenvalue weighted by molar-refractivity contribution is 0.0885. The normalized spacial score (nSPS) is 12.3. The molecule has 0 bridgehead atoms. The molecule has 0 aliphatic heterocycles. The summed E-state index contributed by atoms with van der Waals surface area (Å²) in [6.45, 7) is 12.4. The molecule has 1 aromatic carbocycles. The predicted octanol–water partition coefficient (Wildman–Crippen LogP) is 4.28. The fourth-order valence-corrected chi connectivity index (χ4v) is 3.52. The second kappa shape index (κ2) is 6.67. The van der Waals surface area contributed by atoms with E-state index >= 15 is 0 Å². The topological polar surface area (TPSA) is 59.8 Å². The number of carbonyl (C=O) groups excluding carboxylic acids is 1. The number of hydrogen-bond acceptors (Lipinski definition) is 3. The number of aromatic nitrogens is 3. The van der Waals surface area contributed by atoms with Crippen molar-refractivity contribution in [2.24, 2.45) is 5.41 Å². The Morgan fingerprint density at radius 3 is 2.50 bits per heavy atom. The van der Waals surface area contributed by atoms with Crippen LogP contribution >= 0.6 is 15.9 Å². The molecule has 2 rings (SSSR count). The molecule has 0 radical (unpaired) electrons. The number of nitrogens with one attached hydrogen (secondary N) is 1. The molecule has 0 unspecified atom stereocenters. The largest absolute Gasteiger partial charge is 0.346 e. The summed E-state index contributed by atoms with van der Waals surface area (Å²) in [4.78, 5) is 12.6. The zero-order chi connectivity index (χ0) is 18.1. The minimum absolute atomic E-state index is 0.125. The number of carbonyl (C=O) groups is 1. The Morgan fingerprint density at radius 2 is 1.92 bits per heavy atom. The average Bonchev–Trinajstić information content (AvgIpc) is 2.77. The molecule has 0 aliphatic carbocycles. The van der Waals surface area contributed by atoms with Crippen molar-refractivity contribution < 1.29 is 4.79 Å². The maximum absolute atomic E-state index is 12.6. The molecule has 24 heavy (non-hydrogen) atoms. The van der Waals surface area contributed by atoms with E-state index in [1.807, 2.05) is 45.0 Å². The molecule has 1 aromatic heterocycles. The standard InChI is InChI=1S/C18H25BrN4O/c1-12-15(16(24)20-18(5,6)11-17(2,3)4)21-22-23(12)14-9-7-8-13(19)10-14/h7-10H,11H2,1-6H3,(H,20,24). The predicted molar refractivity (Wildman–Crippen MR) is 99.4 cm³/mol. The van der Waals surface area contributed by atoms with Crippen LogP contribution in [-0.4, -0.2) is 26.4 Å². The van der Waals surface area contributed by atoms with Crippen molar-refractivity contribution in [3.8, 4) is 5.69 Å². The first-order valence-electron chi connectivity index (χ1n) is 7.99. The van der Waals surface area contributed by atoms with Crippen molar-refractivity contribution in [1.29, 1.82) is 0 Å². The van der Waals surface area contributed by atoms with E-state index in [2.05, 4.69) is 52.3 Å². The fraction of sp³-hybridized carbons (Fsp3) is 0.500. The third-order valence-electron chi connectivity index (χ3n) is 3.59. The van der Waals surface area contributed by atoms with Gasteiger partial charge in [0.15, 0.2) is 5.69 Å². The molecule has 6 heteroatoms. The number of benzene rings is 1. The van der Waals surface area contributed by atoms with Gasteiger partial charge in [-0.1, -0.05) is 48.0 Å². The molecule has 2 aromatic rings. The fourth-order valence-electron chi connectivity index (χ4n) is 3.13. The van der Waals surface area contributed by atoms with E-state index < -0.39 is 0 Å². The van der Waals surface area contributed by atoms with Crippen molar-refractivity contribution in [1.82, 2.24) is 20.3 Å². The first-order chi connectivity index (χ1) is 11.0. The van der Waals surface area contributed by atoms with Crippen LogP contribution < -0.4 is 5.32 Å². The van der Waals surface area contributed by atoms with Gasteiger partial charge in [-0.25, -0.2) is 4.68 Å². The van der Waals surface area contributed by atoms with Gasteiger partial charge in [-0.2, -0.15) is 0 Å². The minimum atomic E-state index is -0.318.